The number of carbonyl (C=O) groups is 1. The lowest BCUT2D eigenvalue weighted by Gasteiger charge is -2.18. The summed E-state index contributed by atoms with van der Waals surface area (Å²) in [7, 11) is 4.86. The Balaban J connectivity index is 1.86. The predicted octanol–water partition coefficient (Wildman–Crippen LogP) is 3.42. The van der Waals surface area contributed by atoms with E-state index >= 15 is 0 Å². The minimum Gasteiger partial charge on any atom is -0.496 e. The maximum atomic E-state index is 12.3. The number of nitrogens with zero attached hydrogens (tertiary/aromatic N) is 3. The van der Waals surface area contributed by atoms with Crippen molar-refractivity contribution in [3.63, 3.8) is 0 Å². The van der Waals surface area contributed by atoms with Crippen LogP contribution in [0.25, 0.3) is 33.3 Å². The summed E-state index contributed by atoms with van der Waals surface area (Å²) in [5.74, 6) is 0.366. The zero-order valence-electron chi connectivity index (χ0n) is 17.0. The Morgan fingerprint density at radius 2 is 1.93 bits per heavy atom. The van der Waals surface area contributed by atoms with Crippen LogP contribution in [0.5, 0.6) is 5.75 Å². The molecule has 3 heterocycles. The average molecular weight is 402 g/mol. The van der Waals surface area contributed by atoms with Crippen LogP contribution in [0.15, 0.2) is 61.2 Å². The van der Waals surface area contributed by atoms with Gasteiger partial charge in [0.25, 0.3) is 5.91 Å². The van der Waals surface area contributed by atoms with E-state index in [1.807, 2.05) is 36.5 Å². The van der Waals surface area contributed by atoms with Crippen LogP contribution in [0, 0.1) is 0 Å². The first-order chi connectivity index (χ1) is 14.5. The second-order valence-electron chi connectivity index (χ2n) is 7.12. The van der Waals surface area contributed by atoms with Crippen LogP contribution in [0.4, 0.5) is 0 Å². The molecule has 2 N–H and O–H groups in total. The summed E-state index contributed by atoms with van der Waals surface area (Å²) in [6.07, 6.45) is 5.52. The molecule has 0 radical (unpaired) electrons. The number of aromatic amines is 1. The summed E-state index contributed by atoms with van der Waals surface area (Å²) < 4.78 is 5.51. The van der Waals surface area contributed by atoms with E-state index in [2.05, 4.69) is 15.0 Å². The van der Waals surface area contributed by atoms with Crippen molar-refractivity contribution in [1.82, 2.24) is 19.9 Å². The fourth-order valence-corrected chi connectivity index (χ4v) is 3.50. The number of aromatic nitrogens is 3. The third-order valence-electron chi connectivity index (χ3n) is 5.06. The van der Waals surface area contributed by atoms with Gasteiger partial charge >= 0.3 is 0 Å². The fraction of sp³-hybridized carbons (Fsp3) is 0.174. The number of para-hydroxylation sites is 1. The molecule has 3 aromatic heterocycles. The minimum absolute atomic E-state index is 0.396. The number of H-pyrrole nitrogens is 1. The molecule has 0 spiro atoms. The van der Waals surface area contributed by atoms with Crippen LogP contribution < -0.4 is 4.74 Å². The van der Waals surface area contributed by atoms with Crippen molar-refractivity contribution in [2.75, 3.05) is 21.2 Å². The summed E-state index contributed by atoms with van der Waals surface area (Å²) in [6.45, 7) is 0. The quantitative estimate of drug-likeness (QED) is 0.534. The molecule has 1 atom stereocenters. The van der Waals surface area contributed by atoms with Gasteiger partial charge < -0.3 is 19.7 Å². The molecule has 4 aromatic rings. The SMILES string of the molecule is COc1ccccc1-c1c[nH]c2ncc(-c3cnccc3C(O)C(=O)N(C)C)cc12. The van der Waals surface area contributed by atoms with Crippen LogP contribution >= 0.6 is 0 Å². The van der Waals surface area contributed by atoms with Crippen molar-refractivity contribution in [3.8, 4) is 28.0 Å². The van der Waals surface area contributed by atoms with E-state index in [4.69, 9.17) is 4.74 Å². The number of likely N-dealkylation sites (N-methyl/N-ethyl adjacent to an activating group) is 1. The molecule has 0 aliphatic rings. The topological polar surface area (TPSA) is 91.3 Å². The molecule has 152 valence electrons. The molecule has 0 aliphatic heterocycles. The molecule has 0 saturated heterocycles. The fourth-order valence-electron chi connectivity index (χ4n) is 3.50. The van der Waals surface area contributed by atoms with Crippen molar-refractivity contribution in [1.29, 1.82) is 0 Å². The van der Waals surface area contributed by atoms with Gasteiger partial charge in [-0.25, -0.2) is 4.98 Å². The van der Waals surface area contributed by atoms with Crippen LogP contribution in [-0.4, -0.2) is 52.1 Å². The Morgan fingerprint density at radius 1 is 1.13 bits per heavy atom. The molecule has 0 aliphatic carbocycles. The summed E-state index contributed by atoms with van der Waals surface area (Å²) >= 11 is 0. The van der Waals surface area contributed by atoms with Crippen molar-refractivity contribution in [3.05, 3.63) is 66.7 Å². The highest BCUT2D eigenvalue weighted by Gasteiger charge is 2.23. The van der Waals surface area contributed by atoms with Crippen molar-refractivity contribution < 1.29 is 14.6 Å². The second-order valence-corrected chi connectivity index (χ2v) is 7.12. The minimum atomic E-state index is -1.28. The third-order valence-corrected chi connectivity index (χ3v) is 5.06. The Labute approximate surface area is 174 Å². The zero-order chi connectivity index (χ0) is 21.3. The summed E-state index contributed by atoms with van der Waals surface area (Å²) in [5, 5.41) is 11.5. The number of aliphatic hydroxyl groups excluding tert-OH is 1. The highest BCUT2D eigenvalue weighted by atomic mass is 16.5. The normalized spacial score (nSPS) is 12.0. The van der Waals surface area contributed by atoms with E-state index in [9.17, 15) is 9.90 Å². The van der Waals surface area contributed by atoms with Crippen LogP contribution in [0.3, 0.4) is 0 Å². The average Bonchev–Trinajstić information content (AvgIpc) is 3.21. The Hall–Kier alpha value is -3.71. The molecule has 0 bridgehead atoms. The van der Waals surface area contributed by atoms with Crippen LogP contribution in [0.1, 0.15) is 11.7 Å². The van der Waals surface area contributed by atoms with Gasteiger partial charge in [-0.3, -0.25) is 9.78 Å². The second kappa shape index (κ2) is 7.96. The summed E-state index contributed by atoms with van der Waals surface area (Å²) in [6, 6.07) is 11.4. The number of fused-ring (bicyclic) bond motifs is 1. The van der Waals surface area contributed by atoms with E-state index in [0.717, 1.165) is 33.5 Å². The van der Waals surface area contributed by atoms with Gasteiger partial charge in [0, 0.05) is 72.1 Å². The molecule has 7 heteroatoms. The molecule has 7 nitrogen and oxygen atoms in total. The lowest BCUT2D eigenvalue weighted by Crippen LogP contribution is -2.28. The zero-order valence-corrected chi connectivity index (χ0v) is 17.0. The molecule has 30 heavy (non-hydrogen) atoms. The highest BCUT2D eigenvalue weighted by Crippen LogP contribution is 2.37. The third kappa shape index (κ3) is 3.40. The van der Waals surface area contributed by atoms with Crippen molar-refractivity contribution in [2.45, 2.75) is 6.10 Å². The Morgan fingerprint density at radius 3 is 2.70 bits per heavy atom. The summed E-state index contributed by atoms with van der Waals surface area (Å²) in [5.41, 5.74) is 4.52. The lowest BCUT2D eigenvalue weighted by molar-refractivity contribution is -0.137. The number of rotatable bonds is 5. The number of carbonyl (C=O) groups excluding carboxylic acids is 1. The molecule has 1 aromatic carbocycles. The van der Waals surface area contributed by atoms with Crippen molar-refractivity contribution >= 4 is 16.9 Å². The van der Waals surface area contributed by atoms with E-state index in [1.54, 1.807) is 45.9 Å². The number of nitrogens with one attached hydrogen (secondary N) is 1. The number of methoxy groups -OCH3 is 1. The van der Waals surface area contributed by atoms with Gasteiger partial charge in [-0.05, 0) is 18.2 Å². The van der Waals surface area contributed by atoms with E-state index in [1.165, 1.54) is 4.90 Å². The van der Waals surface area contributed by atoms with Crippen molar-refractivity contribution in [2.24, 2.45) is 0 Å². The standard InChI is InChI=1S/C23H22N4O3/c1-27(2)23(29)21(28)16-8-9-24-12-18(16)14-10-17-19(13-26-22(17)25-11-14)15-6-4-5-7-20(15)30-3/h4-13,21,28H,1-3H3,(H,25,26). The van der Waals surface area contributed by atoms with Gasteiger partial charge in [0.1, 0.15) is 11.4 Å². The van der Waals surface area contributed by atoms with E-state index < -0.39 is 12.0 Å². The molecule has 1 amide bonds. The number of benzene rings is 1. The van der Waals surface area contributed by atoms with Gasteiger partial charge in [0.15, 0.2) is 6.10 Å². The molecule has 0 saturated carbocycles. The van der Waals surface area contributed by atoms with E-state index in [-0.39, 0.29) is 0 Å². The molecule has 0 fully saturated rings. The van der Waals surface area contributed by atoms with Gasteiger partial charge in [-0.1, -0.05) is 18.2 Å². The number of hydrogen-bond donors (Lipinski definition) is 2. The number of amides is 1. The number of pyridine rings is 2. The largest absolute Gasteiger partial charge is 0.496 e. The smallest absolute Gasteiger partial charge is 0.255 e. The molecular formula is C23H22N4O3. The first-order valence-electron chi connectivity index (χ1n) is 9.45. The maximum Gasteiger partial charge on any atom is 0.255 e. The van der Waals surface area contributed by atoms with Gasteiger partial charge in [-0.2, -0.15) is 0 Å². The predicted molar refractivity (Wildman–Crippen MR) is 115 cm³/mol. The monoisotopic (exact) mass is 402 g/mol. The van der Waals surface area contributed by atoms with Crippen LogP contribution in [-0.2, 0) is 4.79 Å². The first-order valence-corrected chi connectivity index (χ1v) is 9.45. The number of ether oxygens (including phenoxy) is 1. The molecule has 1 unspecified atom stereocenters. The Bertz CT molecular complexity index is 1220. The van der Waals surface area contributed by atoms with E-state index in [0.29, 0.717) is 11.1 Å². The Kier molecular flexibility index (Phi) is 5.20. The number of aliphatic hydroxyl groups is 1. The van der Waals surface area contributed by atoms with Gasteiger partial charge in [0.05, 0.1) is 7.11 Å². The van der Waals surface area contributed by atoms with Gasteiger partial charge in [-0.15, -0.1) is 0 Å². The number of hydrogen-bond acceptors (Lipinski definition) is 5. The molecule has 4 rings (SSSR count). The highest BCUT2D eigenvalue weighted by molar-refractivity contribution is 5.97. The first kappa shape index (κ1) is 19.6. The maximum absolute atomic E-state index is 12.3. The molecular weight excluding hydrogens is 380 g/mol. The van der Waals surface area contributed by atoms with Crippen LogP contribution in [0.2, 0.25) is 0 Å². The van der Waals surface area contributed by atoms with Gasteiger partial charge in [0.2, 0.25) is 0 Å². The summed E-state index contributed by atoms with van der Waals surface area (Å²) in [4.78, 5) is 25.6. The lowest BCUT2D eigenvalue weighted by atomic mass is 9.97.